The Morgan fingerprint density at radius 1 is 1.00 bits per heavy atom. The van der Waals surface area contributed by atoms with E-state index < -0.39 is 0 Å². The van der Waals surface area contributed by atoms with E-state index >= 15 is 0 Å². The van der Waals surface area contributed by atoms with Crippen molar-refractivity contribution >= 4 is 34.2 Å². The summed E-state index contributed by atoms with van der Waals surface area (Å²) >= 11 is 0. The number of nitrogens with one attached hydrogen (secondary N) is 2. The van der Waals surface area contributed by atoms with E-state index in [1.54, 1.807) is 24.4 Å². The molecule has 0 saturated heterocycles. The van der Waals surface area contributed by atoms with Crippen molar-refractivity contribution < 1.29 is 14.0 Å². The number of carbonyl (C=O) groups is 2. The molecule has 0 spiro atoms. The molecular weight excluding hydrogens is 430 g/mol. The molecule has 0 fully saturated rings. The van der Waals surface area contributed by atoms with Crippen molar-refractivity contribution in [3.05, 3.63) is 78.3 Å². The number of anilines is 2. The minimum Gasteiger partial charge on any atom is -0.451 e. The van der Waals surface area contributed by atoms with Crippen molar-refractivity contribution in [1.29, 1.82) is 0 Å². The SMILES string of the molecule is CCN(CC)CCn1cc(NC(=O)Cc2ccc(NC(=O)c3cc4ccccc4o3)cc2)cn1. The third-order valence-corrected chi connectivity index (χ3v) is 5.68. The van der Waals surface area contributed by atoms with E-state index in [-0.39, 0.29) is 24.0 Å². The van der Waals surface area contributed by atoms with Crippen LogP contribution < -0.4 is 10.6 Å². The lowest BCUT2D eigenvalue weighted by Crippen LogP contribution is -2.27. The molecule has 34 heavy (non-hydrogen) atoms. The Labute approximate surface area is 198 Å². The Morgan fingerprint density at radius 3 is 2.50 bits per heavy atom. The van der Waals surface area contributed by atoms with E-state index in [2.05, 4.69) is 34.5 Å². The predicted molar refractivity (Wildman–Crippen MR) is 133 cm³/mol. The maximum absolute atomic E-state index is 12.5. The van der Waals surface area contributed by atoms with Crippen LogP contribution in [0.3, 0.4) is 0 Å². The van der Waals surface area contributed by atoms with E-state index in [0.717, 1.165) is 37.1 Å². The highest BCUT2D eigenvalue weighted by atomic mass is 16.3. The third kappa shape index (κ3) is 5.90. The smallest absolute Gasteiger partial charge is 0.291 e. The monoisotopic (exact) mass is 459 g/mol. The fourth-order valence-electron chi connectivity index (χ4n) is 3.72. The zero-order valence-corrected chi connectivity index (χ0v) is 19.5. The van der Waals surface area contributed by atoms with Gasteiger partial charge in [0, 0.05) is 23.8 Å². The molecule has 2 amide bonds. The van der Waals surface area contributed by atoms with E-state index in [4.69, 9.17) is 4.42 Å². The summed E-state index contributed by atoms with van der Waals surface area (Å²) in [5, 5.41) is 10.9. The molecule has 8 nitrogen and oxygen atoms in total. The molecule has 8 heteroatoms. The molecule has 176 valence electrons. The van der Waals surface area contributed by atoms with Gasteiger partial charge in [-0.15, -0.1) is 0 Å². The number of amides is 2. The largest absolute Gasteiger partial charge is 0.451 e. The van der Waals surface area contributed by atoms with Crippen LogP contribution in [-0.2, 0) is 17.8 Å². The van der Waals surface area contributed by atoms with Crippen LogP contribution >= 0.6 is 0 Å². The van der Waals surface area contributed by atoms with Gasteiger partial charge in [0.2, 0.25) is 5.91 Å². The fourth-order valence-corrected chi connectivity index (χ4v) is 3.72. The number of hydrogen-bond donors (Lipinski definition) is 2. The third-order valence-electron chi connectivity index (χ3n) is 5.68. The summed E-state index contributed by atoms with van der Waals surface area (Å²) in [6.07, 6.45) is 3.73. The number of para-hydroxylation sites is 1. The second-order valence-corrected chi connectivity index (χ2v) is 8.04. The molecule has 2 N–H and O–H groups in total. The summed E-state index contributed by atoms with van der Waals surface area (Å²) in [7, 11) is 0. The first-order valence-corrected chi connectivity index (χ1v) is 11.5. The van der Waals surface area contributed by atoms with Crippen LogP contribution in [0.2, 0.25) is 0 Å². The number of carbonyl (C=O) groups excluding carboxylic acids is 2. The van der Waals surface area contributed by atoms with Crippen LogP contribution in [0.25, 0.3) is 11.0 Å². The molecule has 0 aliphatic carbocycles. The Morgan fingerprint density at radius 2 is 1.76 bits per heavy atom. The number of fused-ring (bicyclic) bond motifs is 1. The van der Waals surface area contributed by atoms with Gasteiger partial charge in [0.05, 0.1) is 24.8 Å². The lowest BCUT2D eigenvalue weighted by Gasteiger charge is -2.17. The Balaban J connectivity index is 1.28. The van der Waals surface area contributed by atoms with Crippen molar-refractivity contribution in [2.75, 3.05) is 30.3 Å². The molecule has 4 aromatic rings. The topological polar surface area (TPSA) is 92.4 Å². The van der Waals surface area contributed by atoms with Crippen molar-refractivity contribution in [2.45, 2.75) is 26.8 Å². The summed E-state index contributed by atoms with van der Waals surface area (Å²) in [6.45, 7) is 7.98. The lowest BCUT2D eigenvalue weighted by molar-refractivity contribution is -0.115. The van der Waals surface area contributed by atoms with Crippen molar-refractivity contribution in [3.8, 4) is 0 Å². The molecule has 0 radical (unpaired) electrons. The molecule has 4 rings (SSSR count). The number of likely N-dealkylation sites (N-methyl/N-ethyl adjacent to an activating group) is 1. The first-order valence-electron chi connectivity index (χ1n) is 11.5. The van der Waals surface area contributed by atoms with Gasteiger partial charge in [-0.05, 0) is 42.9 Å². The zero-order valence-electron chi connectivity index (χ0n) is 19.5. The van der Waals surface area contributed by atoms with Crippen LogP contribution in [0.15, 0.2) is 71.4 Å². The zero-order chi connectivity index (χ0) is 23.9. The molecule has 0 aliphatic heterocycles. The maximum atomic E-state index is 12.5. The van der Waals surface area contributed by atoms with Crippen molar-refractivity contribution in [2.24, 2.45) is 0 Å². The van der Waals surface area contributed by atoms with Crippen molar-refractivity contribution in [1.82, 2.24) is 14.7 Å². The van der Waals surface area contributed by atoms with E-state index in [0.29, 0.717) is 17.0 Å². The van der Waals surface area contributed by atoms with E-state index in [9.17, 15) is 9.59 Å². The normalized spacial score (nSPS) is 11.1. The number of hydrogen-bond acceptors (Lipinski definition) is 5. The number of nitrogens with zero attached hydrogens (tertiary/aromatic N) is 3. The minimum absolute atomic E-state index is 0.123. The van der Waals surface area contributed by atoms with Gasteiger partial charge in [-0.25, -0.2) is 0 Å². The Hall–Kier alpha value is -3.91. The minimum atomic E-state index is -0.320. The van der Waals surface area contributed by atoms with E-state index in [1.165, 1.54) is 0 Å². The van der Waals surface area contributed by atoms with Crippen LogP contribution in [0.5, 0.6) is 0 Å². The molecule has 0 aliphatic rings. The second-order valence-electron chi connectivity index (χ2n) is 8.04. The number of aromatic nitrogens is 2. The van der Waals surface area contributed by atoms with Gasteiger partial charge < -0.3 is 20.0 Å². The molecule has 2 aromatic heterocycles. The summed E-state index contributed by atoms with van der Waals surface area (Å²) in [5.41, 5.74) is 2.82. The maximum Gasteiger partial charge on any atom is 0.291 e. The fraction of sp³-hybridized carbons (Fsp3) is 0.269. The van der Waals surface area contributed by atoms with Gasteiger partial charge in [0.15, 0.2) is 5.76 Å². The number of rotatable bonds is 10. The molecule has 0 saturated carbocycles. The van der Waals surface area contributed by atoms with Crippen LogP contribution in [0.4, 0.5) is 11.4 Å². The van der Waals surface area contributed by atoms with Crippen LogP contribution in [-0.4, -0.2) is 46.1 Å². The van der Waals surface area contributed by atoms with Gasteiger partial charge in [-0.3, -0.25) is 14.3 Å². The molecule has 2 heterocycles. The highest BCUT2D eigenvalue weighted by Gasteiger charge is 2.13. The van der Waals surface area contributed by atoms with Gasteiger partial charge in [-0.1, -0.05) is 44.2 Å². The first kappa shape index (κ1) is 23.3. The highest BCUT2D eigenvalue weighted by Crippen LogP contribution is 2.20. The standard InChI is InChI=1S/C26H29N5O3/c1-3-30(4-2)13-14-31-18-22(17-27-31)28-25(32)15-19-9-11-21(12-10-19)29-26(33)24-16-20-7-5-6-8-23(20)34-24/h5-12,16-18H,3-4,13-15H2,1-2H3,(H,28,32)(H,29,33). The lowest BCUT2D eigenvalue weighted by atomic mass is 10.1. The molecule has 0 unspecified atom stereocenters. The average molecular weight is 460 g/mol. The van der Waals surface area contributed by atoms with Crippen LogP contribution in [0.1, 0.15) is 30.0 Å². The molecular formula is C26H29N5O3. The summed E-state index contributed by atoms with van der Waals surface area (Å²) in [6, 6.07) is 16.4. The predicted octanol–water partition coefficient (Wildman–Crippen LogP) is 4.40. The first-order chi connectivity index (χ1) is 16.5. The number of furan rings is 1. The Kier molecular flexibility index (Phi) is 7.39. The van der Waals surface area contributed by atoms with Gasteiger partial charge in [0.1, 0.15) is 5.58 Å². The second kappa shape index (κ2) is 10.8. The summed E-state index contributed by atoms with van der Waals surface area (Å²) < 4.78 is 7.44. The quantitative estimate of drug-likeness (QED) is 0.367. The van der Waals surface area contributed by atoms with Gasteiger partial charge in [0.25, 0.3) is 5.91 Å². The van der Waals surface area contributed by atoms with E-state index in [1.807, 2.05) is 47.3 Å². The van der Waals surface area contributed by atoms with Crippen LogP contribution in [0, 0.1) is 0 Å². The average Bonchev–Trinajstić information content (AvgIpc) is 3.48. The number of benzene rings is 2. The molecule has 0 bridgehead atoms. The summed E-state index contributed by atoms with van der Waals surface area (Å²) in [4.78, 5) is 27.3. The Bertz CT molecular complexity index is 1220. The van der Waals surface area contributed by atoms with Crippen molar-refractivity contribution in [3.63, 3.8) is 0 Å². The summed E-state index contributed by atoms with van der Waals surface area (Å²) in [5.74, 6) is -0.190. The van der Waals surface area contributed by atoms with Gasteiger partial charge >= 0.3 is 0 Å². The molecule has 0 atom stereocenters. The van der Waals surface area contributed by atoms with Gasteiger partial charge in [-0.2, -0.15) is 5.10 Å². The highest BCUT2D eigenvalue weighted by molar-refractivity contribution is 6.04. The molecule has 2 aromatic carbocycles.